The molecule has 0 aliphatic heterocycles. The summed E-state index contributed by atoms with van der Waals surface area (Å²) in [5, 5.41) is 9.47. The van der Waals surface area contributed by atoms with Crippen molar-refractivity contribution in [1.82, 2.24) is 4.72 Å². The van der Waals surface area contributed by atoms with E-state index in [0.717, 1.165) is 6.42 Å². The standard InChI is InChI=1S/C13H18ClNO4S/c1-2-3-7-12(13(16)17)15-20(18,19)9-10-5-4-6-11(14)8-10/h4-6,8,12,15H,2-3,7,9H2,1H3,(H,16,17)/t12-/m0/s1. The minimum atomic E-state index is -3.72. The number of halogens is 1. The molecule has 2 N–H and O–H groups in total. The number of hydrogen-bond acceptors (Lipinski definition) is 3. The molecule has 0 amide bonds. The van der Waals surface area contributed by atoms with Gasteiger partial charge in [0.2, 0.25) is 10.0 Å². The number of carboxylic acids is 1. The molecule has 20 heavy (non-hydrogen) atoms. The molecule has 0 saturated heterocycles. The first-order chi connectivity index (χ1) is 9.34. The Morgan fingerprint density at radius 2 is 2.15 bits per heavy atom. The van der Waals surface area contributed by atoms with Gasteiger partial charge in [0, 0.05) is 5.02 Å². The molecule has 1 aromatic carbocycles. The fourth-order valence-electron chi connectivity index (χ4n) is 1.75. The normalized spacial score (nSPS) is 13.1. The number of carbonyl (C=O) groups is 1. The highest BCUT2D eigenvalue weighted by molar-refractivity contribution is 7.88. The van der Waals surface area contributed by atoms with Gasteiger partial charge in [-0.3, -0.25) is 4.79 Å². The van der Waals surface area contributed by atoms with Gasteiger partial charge in [-0.2, -0.15) is 0 Å². The molecule has 0 radical (unpaired) electrons. The van der Waals surface area contributed by atoms with Gasteiger partial charge in [0.15, 0.2) is 0 Å². The number of aliphatic carboxylic acids is 1. The van der Waals surface area contributed by atoms with E-state index in [1.807, 2.05) is 6.92 Å². The minimum absolute atomic E-state index is 0.278. The topological polar surface area (TPSA) is 83.5 Å². The first-order valence-corrected chi connectivity index (χ1v) is 8.34. The summed E-state index contributed by atoms with van der Waals surface area (Å²) >= 11 is 5.79. The number of nitrogens with one attached hydrogen (secondary N) is 1. The molecule has 0 aromatic heterocycles. The van der Waals surface area contributed by atoms with Crippen LogP contribution in [0.4, 0.5) is 0 Å². The minimum Gasteiger partial charge on any atom is -0.480 e. The van der Waals surface area contributed by atoms with Gasteiger partial charge in [-0.25, -0.2) is 13.1 Å². The Labute approximate surface area is 124 Å². The molecule has 0 heterocycles. The zero-order valence-corrected chi connectivity index (χ0v) is 12.7. The van der Waals surface area contributed by atoms with Crippen LogP contribution in [0.2, 0.25) is 5.02 Å². The SMILES string of the molecule is CCCC[C@H](NS(=O)(=O)Cc1cccc(Cl)c1)C(=O)O. The van der Waals surface area contributed by atoms with Crippen molar-refractivity contribution in [2.45, 2.75) is 38.0 Å². The monoisotopic (exact) mass is 319 g/mol. The van der Waals surface area contributed by atoms with E-state index in [-0.39, 0.29) is 12.2 Å². The summed E-state index contributed by atoms with van der Waals surface area (Å²) in [6.07, 6.45) is 1.73. The van der Waals surface area contributed by atoms with Crippen LogP contribution in [0.25, 0.3) is 0 Å². The van der Waals surface area contributed by atoms with Gasteiger partial charge in [-0.1, -0.05) is 43.5 Å². The Bertz CT molecular complexity index is 559. The van der Waals surface area contributed by atoms with Gasteiger partial charge in [0.05, 0.1) is 5.75 Å². The van der Waals surface area contributed by atoms with Crippen molar-refractivity contribution in [3.05, 3.63) is 34.9 Å². The van der Waals surface area contributed by atoms with Gasteiger partial charge in [0.1, 0.15) is 6.04 Å². The third kappa shape index (κ3) is 5.90. The quantitative estimate of drug-likeness (QED) is 0.770. The van der Waals surface area contributed by atoms with Gasteiger partial charge in [-0.15, -0.1) is 0 Å². The van der Waals surface area contributed by atoms with Crippen LogP contribution < -0.4 is 4.72 Å². The molecule has 1 atom stereocenters. The van der Waals surface area contributed by atoms with Crippen molar-refractivity contribution in [2.24, 2.45) is 0 Å². The molecule has 1 aromatic rings. The third-order valence-corrected chi connectivity index (χ3v) is 4.30. The summed E-state index contributed by atoms with van der Waals surface area (Å²) in [5.41, 5.74) is 0.518. The lowest BCUT2D eigenvalue weighted by molar-refractivity contribution is -0.139. The largest absolute Gasteiger partial charge is 0.480 e. The summed E-state index contributed by atoms with van der Waals surface area (Å²) in [6, 6.07) is 5.39. The Hall–Kier alpha value is -1.11. The van der Waals surface area contributed by atoms with Crippen LogP contribution in [0, 0.1) is 0 Å². The summed E-state index contributed by atoms with van der Waals surface area (Å²) < 4.78 is 26.2. The molecule has 0 aliphatic carbocycles. The lowest BCUT2D eigenvalue weighted by Crippen LogP contribution is -2.41. The van der Waals surface area contributed by atoms with E-state index in [0.29, 0.717) is 17.0 Å². The maximum absolute atomic E-state index is 12.0. The second-order valence-electron chi connectivity index (χ2n) is 4.54. The van der Waals surface area contributed by atoms with E-state index in [9.17, 15) is 13.2 Å². The van der Waals surface area contributed by atoms with Crippen LogP contribution in [0.3, 0.4) is 0 Å². The highest BCUT2D eigenvalue weighted by atomic mass is 35.5. The molecular weight excluding hydrogens is 302 g/mol. The van der Waals surface area contributed by atoms with Crippen LogP contribution in [0.1, 0.15) is 31.7 Å². The van der Waals surface area contributed by atoms with Crippen LogP contribution in [-0.2, 0) is 20.6 Å². The second-order valence-corrected chi connectivity index (χ2v) is 6.73. The van der Waals surface area contributed by atoms with Crippen molar-refractivity contribution in [1.29, 1.82) is 0 Å². The molecular formula is C13H18ClNO4S. The van der Waals surface area contributed by atoms with Gasteiger partial charge < -0.3 is 5.11 Å². The zero-order chi connectivity index (χ0) is 15.2. The van der Waals surface area contributed by atoms with E-state index >= 15 is 0 Å². The van der Waals surface area contributed by atoms with Crippen LogP contribution >= 0.6 is 11.6 Å². The van der Waals surface area contributed by atoms with E-state index in [2.05, 4.69) is 4.72 Å². The summed E-state index contributed by atoms with van der Waals surface area (Å²) in [5.74, 6) is -1.45. The number of sulfonamides is 1. The lowest BCUT2D eigenvalue weighted by Gasteiger charge is -2.14. The predicted octanol–water partition coefficient (Wildman–Crippen LogP) is 2.40. The molecule has 7 heteroatoms. The van der Waals surface area contributed by atoms with E-state index in [1.165, 1.54) is 0 Å². The summed E-state index contributed by atoms with van der Waals surface area (Å²) in [6.45, 7) is 1.92. The van der Waals surface area contributed by atoms with E-state index in [4.69, 9.17) is 16.7 Å². The predicted molar refractivity (Wildman–Crippen MR) is 78.2 cm³/mol. The Balaban J connectivity index is 2.75. The Morgan fingerprint density at radius 1 is 1.45 bits per heavy atom. The van der Waals surface area contributed by atoms with Gasteiger partial charge in [0.25, 0.3) is 0 Å². The zero-order valence-electron chi connectivity index (χ0n) is 11.2. The van der Waals surface area contributed by atoms with Crippen LogP contribution in [0.5, 0.6) is 0 Å². The highest BCUT2D eigenvalue weighted by Gasteiger charge is 2.23. The maximum atomic E-state index is 12.0. The molecule has 0 bridgehead atoms. The average molecular weight is 320 g/mol. The van der Waals surface area contributed by atoms with E-state index in [1.54, 1.807) is 24.3 Å². The number of rotatable bonds is 8. The maximum Gasteiger partial charge on any atom is 0.321 e. The molecule has 1 rings (SSSR count). The number of unbranched alkanes of at least 4 members (excludes halogenated alkanes) is 1. The molecule has 112 valence electrons. The summed E-state index contributed by atoms with van der Waals surface area (Å²) in [7, 11) is -3.72. The second kappa shape index (κ2) is 7.61. The van der Waals surface area contributed by atoms with E-state index < -0.39 is 22.0 Å². The molecule has 0 unspecified atom stereocenters. The fourth-order valence-corrected chi connectivity index (χ4v) is 3.31. The van der Waals surface area contributed by atoms with Crippen molar-refractivity contribution in [3.8, 4) is 0 Å². The summed E-state index contributed by atoms with van der Waals surface area (Å²) in [4.78, 5) is 11.0. The number of benzene rings is 1. The number of carboxylic acid groups (broad SMARTS) is 1. The van der Waals surface area contributed by atoms with Gasteiger partial charge >= 0.3 is 5.97 Å². The third-order valence-electron chi connectivity index (χ3n) is 2.71. The van der Waals surface area contributed by atoms with Gasteiger partial charge in [-0.05, 0) is 24.1 Å². The first-order valence-electron chi connectivity index (χ1n) is 6.31. The highest BCUT2D eigenvalue weighted by Crippen LogP contribution is 2.13. The van der Waals surface area contributed by atoms with Crippen molar-refractivity contribution < 1.29 is 18.3 Å². The molecule has 0 fully saturated rings. The number of hydrogen-bond donors (Lipinski definition) is 2. The Morgan fingerprint density at radius 3 is 2.70 bits per heavy atom. The molecule has 0 spiro atoms. The molecule has 0 saturated carbocycles. The van der Waals surface area contributed by atoms with Crippen LogP contribution in [0.15, 0.2) is 24.3 Å². The smallest absolute Gasteiger partial charge is 0.321 e. The van der Waals surface area contributed by atoms with Crippen LogP contribution in [-0.4, -0.2) is 25.5 Å². The van der Waals surface area contributed by atoms with Crippen molar-refractivity contribution in [3.63, 3.8) is 0 Å². The van der Waals surface area contributed by atoms with Crippen molar-refractivity contribution >= 4 is 27.6 Å². The Kier molecular flexibility index (Phi) is 6.45. The first kappa shape index (κ1) is 16.9. The van der Waals surface area contributed by atoms with Crippen molar-refractivity contribution in [2.75, 3.05) is 0 Å². The molecule has 0 aliphatic rings. The molecule has 5 nitrogen and oxygen atoms in total. The average Bonchev–Trinajstić information content (AvgIpc) is 2.33. The fraction of sp³-hybridized carbons (Fsp3) is 0.462. The lowest BCUT2D eigenvalue weighted by atomic mass is 10.1.